The fraction of sp³-hybridized carbons (Fsp3) is 0.500. The summed E-state index contributed by atoms with van der Waals surface area (Å²) in [6.07, 6.45) is 3.69. The van der Waals surface area contributed by atoms with E-state index in [4.69, 9.17) is 20.9 Å². The SMILES string of the molecule is CC1(C)OB(/C=C/c2cccnc2CCl)OC1(C)C. The second-order valence-electron chi connectivity index (χ2n) is 5.66. The van der Waals surface area contributed by atoms with Crippen LogP contribution in [-0.2, 0) is 15.2 Å². The van der Waals surface area contributed by atoms with Crippen molar-refractivity contribution in [3.05, 3.63) is 35.6 Å². The molecule has 2 rings (SSSR count). The van der Waals surface area contributed by atoms with E-state index in [1.54, 1.807) is 6.20 Å². The van der Waals surface area contributed by atoms with Gasteiger partial charge in [-0.15, -0.1) is 11.6 Å². The van der Waals surface area contributed by atoms with Crippen molar-refractivity contribution in [1.29, 1.82) is 0 Å². The molecule has 0 spiro atoms. The monoisotopic (exact) mass is 279 g/mol. The van der Waals surface area contributed by atoms with Crippen molar-refractivity contribution < 1.29 is 9.31 Å². The summed E-state index contributed by atoms with van der Waals surface area (Å²) in [5, 5.41) is 0. The van der Waals surface area contributed by atoms with E-state index >= 15 is 0 Å². The molecule has 5 heteroatoms. The van der Waals surface area contributed by atoms with Gasteiger partial charge < -0.3 is 9.31 Å². The fourth-order valence-corrected chi connectivity index (χ4v) is 2.09. The maximum atomic E-state index is 5.90. The van der Waals surface area contributed by atoms with Gasteiger partial charge in [0.05, 0.1) is 22.8 Å². The number of nitrogens with zero attached hydrogens (tertiary/aromatic N) is 1. The molecule has 1 aliphatic rings. The van der Waals surface area contributed by atoms with E-state index in [1.165, 1.54) is 0 Å². The van der Waals surface area contributed by atoms with Crippen LogP contribution in [0.4, 0.5) is 0 Å². The lowest BCUT2D eigenvalue weighted by atomic mass is 9.89. The summed E-state index contributed by atoms with van der Waals surface area (Å²) in [5.74, 6) is 2.30. The molecule has 0 N–H and O–H groups in total. The molecule has 1 aromatic heterocycles. The number of halogens is 1. The summed E-state index contributed by atoms with van der Waals surface area (Å²) in [6, 6.07) is 3.87. The maximum absolute atomic E-state index is 5.90. The van der Waals surface area contributed by atoms with Gasteiger partial charge in [0.15, 0.2) is 0 Å². The predicted octanol–water partition coefficient (Wildman–Crippen LogP) is 3.47. The van der Waals surface area contributed by atoms with Crippen LogP contribution in [0.15, 0.2) is 24.3 Å². The summed E-state index contributed by atoms with van der Waals surface area (Å²) in [7, 11) is -0.339. The Labute approximate surface area is 120 Å². The first-order chi connectivity index (χ1) is 8.86. The maximum Gasteiger partial charge on any atom is 0.487 e. The van der Waals surface area contributed by atoms with E-state index in [0.29, 0.717) is 5.88 Å². The summed E-state index contributed by atoms with van der Waals surface area (Å²) >= 11 is 5.86. The molecule has 2 heterocycles. The number of aromatic nitrogens is 1. The highest BCUT2D eigenvalue weighted by atomic mass is 35.5. The van der Waals surface area contributed by atoms with Crippen LogP contribution in [0.1, 0.15) is 39.0 Å². The highest BCUT2D eigenvalue weighted by molar-refractivity contribution is 6.52. The van der Waals surface area contributed by atoms with Crippen LogP contribution >= 0.6 is 11.6 Å². The first-order valence-corrected chi connectivity index (χ1v) is 6.93. The van der Waals surface area contributed by atoms with Gasteiger partial charge in [-0.05, 0) is 39.3 Å². The van der Waals surface area contributed by atoms with Gasteiger partial charge in [0, 0.05) is 6.20 Å². The van der Waals surface area contributed by atoms with Crippen molar-refractivity contribution in [2.45, 2.75) is 44.8 Å². The van der Waals surface area contributed by atoms with Crippen LogP contribution in [0.3, 0.4) is 0 Å². The zero-order chi connectivity index (χ0) is 14.1. The molecular weight excluding hydrogens is 260 g/mol. The largest absolute Gasteiger partial charge is 0.487 e. The highest BCUT2D eigenvalue weighted by Crippen LogP contribution is 2.37. The molecule has 19 heavy (non-hydrogen) atoms. The topological polar surface area (TPSA) is 31.4 Å². The molecule has 1 saturated heterocycles. The van der Waals surface area contributed by atoms with Crippen molar-refractivity contribution >= 4 is 24.8 Å². The summed E-state index contributed by atoms with van der Waals surface area (Å²) in [5.41, 5.74) is 1.22. The average Bonchev–Trinajstić information content (AvgIpc) is 2.55. The van der Waals surface area contributed by atoms with E-state index in [2.05, 4.69) is 4.98 Å². The highest BCUT2D eigenvalue weighted by Gasteiger charge is 2.49. The van der Waals surface area contributed by atoms with Gasteiger partial charge in [-0.1, -0.05) is 18.1 Å². The first-order valence-electron chi connectivity index (χ1n) is 6.39. The van der Waals surface area contributed by atoms with Crippen molar-refractivity contribution in [3.63, 3.8) is 0 Å². The Hall–Kier alpha value is -0.835. The van der Waals surface area contributed by atoms with Crippen molar-refractivity contribution in [2.24, 2.45) is 0 Å². The van der Waals surface area contributed by atoms with E-state index in [9.17, 15) is 0 Å². The van der Waals surface area contributed by atoms with Gasteiger partial charge in [-0.3, -0.25) is 4.98 Å². The Kier molecular flexibility index (Phi) is 4.04. The van der Waals surface area contributed by atoms with Crippen LogP contribution in [0.5, 0.6) is 0 Å². The quantitative estimate of drug-likeness (QED) is 0.627. The van der Waals surface area contributed by atoms with Crippen LogP contribution < -0.4 is 0 Å². The third kappa shape index (κ3) is 3.02. The molecular formula is C14H19BClNO2. The van der Waals surface area contributed by atoms with Crippen molar-refractivity contribution in [2.75, 3.05) is 0 Å². The van der Waals surface area contributed by atoms with Gasteiger partial charge in [-0.2, -0.15) is 0 Å². The van der Waals surface area contributed by atoms with Crippen molar-refractivity contribution in [1.82, 2.24) is 4.98 Å². The van der Waals surface area contributed by atoms with Crippen LogP contribution in [-0.4, -0.2) is 23.3 Å². The molecule has 1 aromatic rings. The molecule has 1 fully saturated rings. The van der Waals surface area contributed by atoms with Crippen LogP contribution in [0.25, 0.3) is 6.08 Å². The smallest absolute Gasteiger partial charge is 0.400 e. The lowest BCUT2D eigenvalue weighted by Gasteiger charge is -2.32. The van der Waals surface area contributed by atoms with Gasteiger partial charge in [0.25, 0.3) is 0 Å². The zero-order valence-electron chi connectivity index (χ0n) is 11.8. The number of rotatable bonds is 3. The summed E-state index contributed by atoms with van der Waals surface area (Å²) < 4.78 is 11.8. The molecule has 0 saturated carbocycles. The normalized spacial score (nSPS) is 21.2. The number of alkyl halides is 1. The standard InChI is InChI=1S/C14H19BClNO2/c1-13(2)14(3,4)19-15(18-13)8-7-11-6-5-9-17-12(11)10-16/h5-9H,10H2,1-4H3/b8-7+. The Morgan fingerprint density at radius 3 is 2.47 bits per heavy atom. The lowest BCUT2D eigenvalue weighted by Crippen LogP contribution is -2.41. The van der Waals surface area contributed by atoms with Gasteiger partial charge >= 0.3 is 7.12 Å². The lowest BCUT2D eigenvalue weighted by molar-refractivity contribution is 0.00578. The van der Waals surface area contributed by atoms with Crippen molar-refractivity contribution in [3.8, 4) is 0 Å². The molecule has 0 unspecified atom stereocenters. The molecule has 0 atom stereocenters. The Bertz CT molecular complexity index is 472. The molecule has 0 aliphatic carbocycles. The number of hydrogen-bond donors (Lipinski definition) is 0. The summed E-state index contributed by atoms with van der Waals surface area (Å²) in [6.45, 7) is 8.15. The molecule has 1 aliphatic heterocycles. The van der Waals surface area contributed by atoms with E-state index < -0.39 is 0 Å². The van der Waals surface area contributed by atoms with Crippen LogP contribution in [0, 0.1) is 0 Å². The minimum atomic E-state index is -0.339. The second-order valence-corrected chi connectivity index (χ2v) is 5.92. The Balaban J connectivity index is 2.13. The second kappa shape index (κ2) is 5.27. The third-order valence-electron chi connectivity index (χ3n) is 3.76. The van der Waals surface area contributed by atoms with Gasteiger partial charge in [-0.25, -0.2) is 0 Å². The third-order valence-corrected chi connectivity index (χ3v) is 4.01. The minimum absolute atomic E-state index is 0.313. The fourth-order valence-electron chi connectivity index (χ4n) is 1.86. The molecule has 0 bridgehead atoms. The molecule has 3 nitrogen and oxygen atoms in total. The van der Waals surface area contributed by atoms with Gasteiger partial charge in [0.2, 0.25) is 0 Å². The Morgan fingerprint density at radius 1 is 1.26 bits per heavy atom. The number of hydrogen-bond acceptors (Lipinski definition) is 3. The van der Waals surface area contributed by atoms with E-state index in [-0.39, 0.29) is 18.3 Å². The number of pyridine rings is 1. The molecule has 0 aromatic carbocycles. The van der Waals surface area contributed by atoms with Crippen LogP contribution in [0.2, 0.25) is 0 Å². The Morgan fingerprint density at radius 2 is 1.89 bits per heavy atom. The average molecular weight is 280 g/mol. The van der Waals surface area contributed by atoms with E-state index in [0.717, 1.165) is 11.3 Å². The summed E-state index contributed by atoms with van der Waals surface area (Å²) in [4.78, 5) is 4.23. The first kappa shape index (κ1) is 14.6. The molecule has 0 amide bonds. The predicted molar refractivity (Wildman–Crippen MR) is 78.9 cm³/mol. The molecule has 102 valence electrons. The minimum Gasteiger partial charge on any atom is -0.400 e. The van der Waals surface area contributed by atoms with Gasteiger partial charge in [0.1, 0.15) is 0 Å². The van der Waals surface area contributed by atoms with E-state index in [1.807, 2.05) is 51.9 Å². The molecule has 0 radical (unpaired) electrons. The zero-order valence-corrected chi connectivity index (χ0v) is 12.6.